The first kappa shape index (κ1) is 14.6. The summed E-state index contributed by atoms with van der Waals surface area (Å²) in [6, 6.07) is 0. The Morgan fingerprint density at radius 3 is 2.78 bits per heavy atom. The lowest BCUT2D eigenvalue weighted by Crippen LogP contribution is -2.08. The molecular weight excluding hydrogens is 232 g/mol. The van der Waals surface area contributed by atoms with Crippen molar-refractivity contribution in [1.82, 2.24) is 0 Å². The number of cyclic esters (lactones) is 1. The van der Waals surface area contributed by atoms with Gasteiger partial charge in [-0.15, -0.1) is 0 Å². The number of esters is 1. The van der Waals surface area contributed by atoms with Crippen LogP contribution in [0, 0.1) is 5.92 Å². The lowest BCUT2D eigenvalue weighted by atomic mass is 10.0. The van der Waals surface area contributed by atoms with E-state index in [2.05, 4.69) is 6.92 Å². The predicted molar refractivity (Wildman–Crippen MR) is 67.0 cm³/mol. The van der Waals surface area contributed by atoms with Crippen LogP contribution < -0.4 is 0 Å². The quantitative estimate of drug-likeness (QED) is 0.287. The molecule has 0 spiro atoms. The van der Waals surface area contributed by atoms with Crippen molar-refractivity contribution in [2.45, 2.75) is 45.4 Å². The number of ether oxygens (including phenoxy) is 1. The highest BCUT2D eigenvalue weighted by Crippen LogP contribution is 2.15. The molecule has 1 atom stereocenters. The summed E-state index contributed by atoms with van der Waals surface area (Å²) < 4.78 is 4.78. The van der Waals surface area contributed by atoms with Crippen LogP contribution in [0.5, 0.6) is 0 Å². The van der Waals surface area contributed by atoms with Crippen molar-refractivity contribution < 1.29 is 19.1 Å². The second-order valence-corrected chi connectivity index (χ2v) is 4.56. The zero-order valence-electron chi connectivity index (χ0n) is 10.8. The highest BCUT2D eigenvalue weighted by Gasteiger charge is 2.23. The number of unbranched alkanes of at least 4 members (excludes halogenated alkanes) is 2. The van der Waals surface area contributed by atoms with Crippen molar-refractivity contribution in [2.75, 3.05) is 6.61 Å². The van der Waals surface area contributed by atoms with E-state index < -0.39 is 0 Å². The Balaban J connectivity index is 2.26. The van der Waals surface area contributed by atoms with Crippen molar-refractivity contribution in [2.24, 2.45) is 5.92 Å². The molecule has 1 aliphatic rings. The molecule has 1 rings (SSSR count). The number of allylic oxidation sites excluding steroid dienone is 1. The fraction of sp³-hybridized carbons (Fsp3) is 0.643. The Morgan fingerprint density at radius 1 is 1.39 bits per heavy atom. The van der Waals surface area contributed by atoms with E-state index in [-0.39, 0.29) is 29.9 Å². The number of hydrogen-bond acceptors (Lipinski definition) is 4. The zero-order valence-corrected chi connectivity index (χ0v) is 10.8. The van der Waals surface area contributed by atoms with E-state index in [4.69, 9.17) is 4.74 Å². The average molecular weight is 252 g/mol. The molecule has 0 aromatic rings. The first-order valence-electron chi connectivity index (χ1n) is 6.53. The minimum absolute atomic E-state index is 0.0212. The van der Waals surface area contributed by atoms with Gasteiger partial charge in [0.25, 0.3) is 0 Å². The average Bonchev–Trinajstić information content (AvgIpc) is 2.72. The molecular formula is C14H20O4. The summed E-state index contributed by atoms with van der Waals surface area (Å²) in [5.74, 6) is -0.847. The molecule has 0 saturated carbocycles. The van der Waals surface area contributed by atoms with Crippen molar-refractivity contribution >= 4 is 17.5 Å². The van der Waals surface area contributed by atoms with E-state index in [0.29, 0.717) is 19.4 Å². The monoisotopic (exact) mass is 252 g/mol. The van der Waals surface area contributed by atoms with E-state index in [1.807, 2.05) is 0 Å². The molecule has 1 aliphatic heterocycles. The van der Waals surface area contributed by atoms with Crippen LogP contribution in [0.1, 0.15) is 45.4 Å². The third-order valence-electron chi connectivity index (χ3n) is 2.92. The normalized spacial score (nSPS) is 19.2. The molecule has 0 radical (unpaired) electrons. The van der Waals surface area contributed by atoms with Gasteiger partial charge in [0.2, 0.25) is 0 Å². The van der Waals surface area contributed by atoms with Crippen molar-refractivity contribution in [3.8, 4) is 0 Å². The second-order valence-electron chi connectivity index (χ2n) is 4.56. The Kier molecular flexibility index (Phi) is 6.33. The maximum Gasteiger partial charge on any atom is 0.312 e. The van der Waals surface area contributed by atoms with Gasteiger partial charge in [-0.3, -0.25) is 14.4 Å². The highest BCUT2D eigenvalue weighted by atomic mass is 16.5. The van der Waals surface area contributed by atoms with Gasteiger partial charge in [0, 0.05) is 6.42 Å². The molecule has 0 aliphatic carbocycles. The molecule has 0 aromatic carbocycles. The molecule has 1 heterocycles. The van der Waals surface area contributed by atoms with Gasteiger partial charge in [-0.25, -0.2) is 0 Å². The summed E-state index contributed by atoms with van der Waals surface area (Å²) >= 11 is 0. The van der Waals surface area contributed by atoms with Gasteiger partial charge in [-0.05, 0) is 18.9 Å². The fourth-order valence-electron chi connectivity index (χ4n) is 1.82. The summed E-state index contributed by atoms with van der Waals surface area (Å²) in [4.78, 5) is 34.1. The minimum atomic E-state index is -0.316. The van der Waals surface area contributed by atoms with E-state index in [9.17, 15) is 14.4 Å². The molecule has 4 heteroatoms. The van der Waals surface area contributed by atoms with Crippen LogP contribution in [-0.4, -0.2) is 24.1 Å². The first-order chi connectivity index (χ1) is 8.63. The summed E-state index contributed by atoms with van der Waals surface area (Å²) in [7, 11) is 0. The molecule has 100 valence electrons. The fourth-order valence-corrected chi connectivity index (χ4v) is 1.82. The van der Waals surface area contributed by atoms with Gasteiger partial charge in [0.05, 0.1) is 18.9 Å². The van der Waals surface area contributed by atoms with Crippen LogP contribution in [0.15, 0.2) is 12.2 Å². The van der Waals surface area contributed by atoms with E-state index in [1.165, 1.54) is 6.08 Å². The van der Waals surface area contributed by atoms with Gasteiger partial charge in [-0.1, -0.05) is 25.8 Å². The maximum atomic E-state index is 11.5. The molecule has 4 nitrogen and oxygen atoms in total. The van der Waals surface area contributed by atoms with Gasteiger partial charge in [0.15, 0.2) is 5.78 Å². The van der Waals surface area contributed by atoms with E-state index >= 15 is 0 Å². The standard InChI is InChI=1S/C14H20O4/c1-2-3-4-5-12(15)10-13(16)7-6-11-8-9-18-14(11)17/h6-7,11H,2-5,8-10H2,1H3/b7-6+. The molecule has 1 fully saturated rings. The van der Waals surface area contributed by atoms with Crippen LogP contribution in [0.2, 0.25) is 0 Å². The van der Waals surface area contributed by atoms with Gasteiger partial charge >= 0.3 is 5.97 Å². The lowest BCUT2D eigenvalue weighted by molar-refractivity contribution is -0.140. The van der Waals surface area contributed by atoms with Crippen molar-refractivity contribution in [3.63, 3.8) is 0 Å². The number of ketones is 2. The third kappa shape index (κ3) is 5.25. The Morgan fingerprint density at radius 2 is 2.17 bits per heavy atom. The smallest absolute Gasteiger partial charge is 0.312 e. The van der Waals surface area contributed by atoms with Crippen LogP contribution in [0.25, 0.3) is 0 Å². The lowest BCUT2D eigenvalue weighted by Gasteiger charge is -1.98. The largest absolute Gasteiger partial charge is 0.465 e. The van der Waals surface area contributed by atoms with Crippen LogP contribution in [0.4, 0.5) is 0 Å². The van der Waals surface area contributed by atoms with Crippen LogP contribution in [0.3, 0.4) is 0 Å². The molecule has 0 amide bonds. The summed E-state index contributed by atoms with van der Waals surface area (Å²) in [5.41, 5.74) is 0. The summed E-state index contributed by atoms with van der Waals surface area (Å²) in [6.07, 6.45) is 6.86. The van der Waals surface area contributed by atoms with E-state index in [0.717, 1.165) is 19.3 Å². The predicted octanol–water partition coefficient (Wildman–Crippen LogP) is 2.21. The number of carbonyl (C=O) groups is 3. The Bertz CT molecular complexity index is 344. The summed E-state index contributed by atoms with van der Waals surface area (Å²) in [5, 5.41) is 0. The molecule has 18 heavy (non-hydrogen) atoms. The number of hydrogen-bond donors (Lipinski definition) is 0. The molecule has 1 unspecified atom stereocenters. The van der Waals surface area contributed by atoms with Crippen molar-refractivity contribution in [3.05, 3.63) is 12.2 Å². The Hall–Kier alpha value is -1.45. The van der Waals surface area contributed by atoms with Gasteiger partial charge < -0.3 is 4.74 Å². The number of carbonyl (C=O) groups excluding carboxylic acids is 3. The molecule has 0 bridgehead atoms. The molecule has 1 saturated heterocycles. The maximum absolute atomic E-state index is 11.5. The topological polar surface area (TPSA) is 60.4 Å². The second kappa shape index (κ2) is 7.80. The molecule has 0 aromatic heterocycles. The molecule has 0 N–H and O–H groups in total. The number of Topliss-reactive ketones (excluding diaryl/α,β-unsaturated/α-hetero) is 1. The van der Waals surface area contributed by atoms with Crippen molar-refractivity contribution in [1.29, 1.82) is 0 Å². The summed E-state index contributed by atoms with van der Waals surface area (Å²) in [6.45, 7) is 2.48. The van der Waals surface area contributed by atoms with Gasteiger partial charge in [0.1, 0.15) is 5.78 Å². The number of rotatable bonds is 8. The van der Waals surface area contributed by atoms with Crippen LogP contribution >= 0.6 is 0 Å². The first-order valence-corrected chi connectivity index (χ1v) is 6.53. The minimum Gasteiger partial charge on any atom is -0.465 e. The van der Waals surface area contributed by atoms with E-state index in [1.54, 1.807) is 6.08 Å². The third-order valence-corrected chi connectivity index (χ3v) is 2.92. The SMILES string of the molecule is CCCCCC(=O)CC(=O)/C=C/C1CCOC1=O. The highest BCUT2D eigenvalue weighted by molar-refractivity contribution is 6.04. The van der Waals surface area contributed by atoms with Crippen LogP contribution in [-0.2, 0) is 19.1 Å². The zero-order chi connectivity index (χ0) is 13.4. The Labute approximate surface area is 107 Å². The van der Waals surface area contributed by atoms with Gasteiger partial charge in [-0.2, -0.15) is 0 Å².